The van der Waals surface area contributed by atoms with E-state index in [2.05, 4.69) is 5.32 Å². The predicted octanol–water partition coefficient (Wildman–Crippen LogP) is 0.496. The average molecular weight is 281 g/mol. The molecule has 1 rings (SSSR count). The number of aryl methyl sites for hydroxylation is 1. The first kappa shape index (κ1) is 16.0. The molecule has 0 fully saturated rings. The first-order chi connectivity index (χ1) is 9.35. The third kappa shape index (κ3) is 4.24. The smallest absolute Gasteiger partial charge is 0.328 e. The van der Waals surface area contributed by atoms with Gasteiger partial charge in [-0.1, -0.05) is 17.7 Å². The van der Waals surface area contributed by atoms with Gasteiger partial charge >= 0.3 is 5.97 Å². The largest absolute Gasteiger partial charge is 0.496 e. The highest BCUT2D eigenvalue weighted by atomic mass is 16.5. The Kier molecular flexibility index (Phi) is 5.52. The minimum atomic E-state index is -1.32. The number of carbonyl (C=O) groups is 2. The van der Waals surface area contributed by atoms with Crippen LogP contribution in [0.25, 0.3) is 0 Å². The summed E-state index contributed by atoms with van der Waals surface area (Å²) in [4.78, 5) is 22.8. The van der Waals surface area contributed by atoms with Gasteiger partial charge in [-0.05, 0) is 19.9 Å². The summed E-state index contributed by atoms with van der Waals surface area (Å²) in [5.74, 6) is -1.19. The number of amides is 1. The molecule has 1 aromatic rings. The molecule has 3 N–H and O–H groups in total. The molecule has 20 heavy (non-hydrogen) atoms. The van der Waals surface area contributed by atoms with E-state index in [1.165, 1.54) is 14.0 Å². The first-order valence-electron chi connectivity index (χ1n) is 6.19. The van der Waals surface area contributed by atoms with Gasteiger partial charge < -0.3 is 20.3 Å². The summed E-state index contributed by atoms with van der Waals surface area (Å²) in [5.41, 5.74) is 1.64. The zero-order valence-corrected chi connectivity index (χ0v) is 11.7. The number of benzene rings is 1. The highest BCUT2D eigenvalue weighted by Crippen LogP contribution is 2.20. The summed E-state index contributed by atoms with van der Waals surface area (Å²) < 4.78 is 5.16. The van der Waals surface area contributed by atoms with Crippen LogP contribution < -0.4 is 10.1 Å². The average Bonchev–Trinajstić information content (AvgIpc) is 2.35. The van der Waals surface area contributed by atoms with Crippen molar-refractivity contribution in [3.8, 4) is 5.75 Å². The van der Waals surface area contributed by atoms with Gasteiger partial charge in [0.2, 0.25) is 5.91 Å². The third-order valence-corrected chi connectivity index (χ3v) is 2.85. The van der Waals surface area contributed by atoms with Crippen molar-refractivity contribution in [2.24, 2.45) is 0 Å². The van der Waals surface area contributed by atoms with Crippen molar-refractivity contribution in [2.75, 3.05) is 7.11 Å². The normalized spacial score (nSPS) is 13.4. The maximum absolute atomic E-state index is 11.9. The number of nitrogens with one attached hydrogen (secondary N) is 1. The maximum atomic E-state index is 11.9. The van der Waals surface area contributed by atoms with Crippen molar-refractivity contribution >= 4 is 11.9 Å². The zero-order chi connectivity index (χ0) is 15.3. The summed E-state index contributed by atoms with van der Waals surface area (Å²) in [6.45, 7) is 3.20. The van der Waals surface area contributed by atoms with Crippen LogP contribution in [0.2, 0.25) is 0 Å². The van der Waals surface area contributed by atoms with Crippen molar-refractivity contribution in [3.63, 3.8) is 0 Å². The van der Waals surface area contributed by atoms with Crippen LogP contribution >= 0.6 is 0 Å². The Balaban J connectivity index is 2.80. The van der Waals surface area contributed by atoms with E-state index < -0.39 is 24.0 Å². The van der Waals surface area contributed by atoms with E-state index in [-0.39, 0.29) is 6.42 Å². The van der Waals surface area contributed by atoms with Crippen molar-refractivity contribution in [1.29, 1.82) is 0 Å². The molecular formula is C14H19NO5. The lowest BCUT2D eigenvalue weighted by molar-refractivity contribution is -0.144. The number of carboxylic acids is 1. The van der Waals surface area contributed by atoms with Crippen LogP contribution in [0.5, 0.6) is 5.75 Å². The lowest BCUT2D eigenvalue weighted by atomic mass is 10.1. The number of carbonyl (C=O) groups excluding carboxylic acids is 1. The van der Waals surface area contributed by atoms with E-state index in [4.69, 9.17) is 9.84 Å². The van der Waals surface area contributed by atoms with E-state index in [9.17, 15) is 14.7 Å². The van der Waals surface area contributed by atoms with Gasteiger partial charge in [0.1, 0.15) is 5.75 Å². The summed E-state index contributed by atoms with van der Waals surface area (Å²) in [6.07, 6.45) is -1.18. The maximum Gasteiger partial charge on any atom is 0.328 e. The number of hydrogen-bond acceptors (Lipinski definition) is 4. The van der Waals surface area contributed by atoms with Gasteiger partial charge in [0.15, 0.2) is 6.04 Å². The second-order valence-electron chi connectivity index (χ2n) is 4.62. The standard InChI is InChI=1S/C14H19NO5/c1-8-4-5-11(20-3)10(6-8)7-12(17)15-13(9(2)16)14(18)19/h4-6,9,13,16H,7H2,1-3H3,(H,15,17)(H,18,19)/t9-,13+/m1/s1. The SMILES string of the molecule is COc1ccc(C)cc1CC(=O)N[C@H](C(=O)O)[C@@H](C)O. The molecule has 6 heteroatoms. The monoisotopic (exact) mass is 281 g/mol. The van der Waals surface area contributed by atoms with Gasteiger partial charge in [0.05, 0.1) is 19.6 Å². The van der Waals surface area contributed by atoms with Crippen LogP contribution in [-0.2, 0) is 16.0 Å². The Morgan fingerprint density at radius 3 is 2.55 bits per heavy atom. The molecule has 0 aliphatic heterocycles. The number of rotatable bonds is 6. The van der Waals surface area contributed by atoms with E-state index >= 15 is 0 Å². The van der Waals surface area contributed by atoms with Gasteiger partial charge in [0.25, 0.3) is 0 Å². The molecule has 110 valence electrons. The molecule has 1 aromatic carbocycles. The molecule has 0 radical (unpaired) electrons. The third-order valence-electron chi connectivity index (χ3n) is 2.85. The Hall–Kier alpha value is -2.08. The van der Waals surface area contributed by atoms with Crippen molar-refractivity contribution in [1.82, 2.24) is 5.32 Å². The van der Waals surface area contributed by atoms with Crippen molar-refractivity contribution in [2.45, 2.75) is 32.4 Å². The molecule has 0 aliphatic rings. The summed E-state index contributed by atoms with van der Waals surface area (Å²) in [5, 5.41) is 20.5. The van der Waals surface area contributed by atoms with Gasteiger partial charge in [-0.15, -0.1) is 0 Å². The van der Waals surface area contributed by atoms with Crippen molar-refractivity contribution < 1.29 is 24.5 Å². The molecule has 0 saturated carbocycles. The Morgan fingerprint density at radius 2 is 2.05 bits per heavy atom. The van der Waals surface area contributed by atoms with Crippen LogP contribution in [0, 0.1) is 6.92 Å². The van der Waals surface area contributed by atoms with Crippen LogP contribution in [0.1, 0.15) is 18.1 Å². The van der Waals surface area contributed by atoms with Crippen LogP contribution in [0.3, 0.4) is 0 Å². The number of ether oxygens (including phenoxy) is 1. The predicted molar refractivity (Wildman–Crippen MR) is 72.7 cm³/mol. The fourth-order valence-corrected chi connectivity index (χ4v) is 1.83. The lowest BCUT2D eigenvalue weighted by Gasteiger charge is -2.17. The molecule has 1 amide bonds. The molecule has 2 atom stereocenters. The minimum Gasteiger partial charge on any atom is -0.496 e. The summed E-state index contributed by atoms with van der Waals surface area (Å²) in [7, 11) is 1.50. The first-order valence-corrected chi connectivity index (χ1v) is 6.19. The topological polar surface area (TPSA) is 95.9 Å². The number of aliphatic carboxylic acids is 1. The molecule has 0 aromatic heterocycles. The number of aliphatic hydroxyl groups is 1. The number of methoxy groups -OCH3 is 1. The zero-order valence-electron chi connectivity index (χ0n) is 11.7. The number of aliphatic hydroxyl groups excluding tert-OH is 1. The molecule has 6 nitrogen and oxygen atoms in total. The molecule has 0 aliphatic carbocycles. The molecule has 0 spiro atoms. The Labute approximate surface area is 117 Å². The second kappa shape index (κ2) is 6.91. The molecule has 0 heterocycles. The fraction of sp³-hybridized carbons (Fsp3) is 0.429. The molecule has 0 bridgehead atoms. The summed E-state index contributed by atoms with van der Waals surface area (Å²) in [6, 6.07) is 4.09. The lowest BCUT2D eigenvalue weighted by Crippen LogP contribution is -2.48. The van der Waals surface area contributed by atoms with Gasteiger partial charge in [0, 0.05) is 5.56 Å². The fourth-order valence-electron chi connectivity index (χ4n) is 1.83. The second-order valence-corrected chi connectivity index (χ2v) is 4.62. The van der Waals surface area contributed by atoms with Crippen LogP contribution in [0.4, 0.5) is 0 Å². The minimum absolute atomic E-state index is 0.0125. The van der Waals surface area contributed by atoms with Gasteiger partial charge in [-0.2, -0.15) is 0 Å². The van der Waals surface area contributed by atoms with E-state index in [1.807, 2.05) is 13.0 Å². The Morgan fingerprint density at radius 1 is 1.40 bits per heavy atom. The highest BCUT2D eigenvalue weighted by molar-refractivity contribution is 5.85. The molecule has 0 unspecified atom stereocenters. The van der Waals surface area contributed by atoms with E-state index in [0.717, 1.165) is 5.56 Å². The molecule has 0 saturated heterocycles. The number of hydrogen-bond donors (Lipinski definition) is 3. The molecular weight excluding hydrogens is 262 g/mol. The highest BCUT2D eigenvalue weighted by Gasteiger charge is 2.25. The van der Waals surface area contributed by atoms with E-state index in [1.54, 1.807) is 12.1 Å². The van der Waals surface area contributed by atoms with Crippen LogP contribution in [0.15, 0.2) is 18.2 Å². The van der Waals surface area contributed by atoms with E-state index in [0.29, 0.717) is 11.3 Å². The summed E-state index contributed by atoms with van der Waals surface area (Å²) >= 11 is 0. The quantitative estimate of drug-likeness (QED) is 0.705. The van der Waals surface area contributed by atoms with Gasteiger partial charge in [-0.25, -0.2) is 4.79 Å². The van der Waals surface area contributed by atoms with Crippen LogP contribution in [-0.4, -0.2) is 41.3 Å². The van der Waals surface area contributed by atoms with Gasteiger partial charge in [-0.3, -0.25) is 4.79 Å². The number of carboxylic acid groups (broad SMARTS) is 1. The Bertz CT molecular complexity index is 498. The van der Waals surface area contributed by atoms with Crippen molar-refractivity contribution in [3.05, 3.63) is 29.3 Å².